The van der Waals surface area contributed by atoms with Gasteiger partial charge in [-0.2, -0.15) is 13.2 Å². The van der Waals surface area contributed by atoms with E-state index in [-0.39, 0.29) is 6.08 Å². The van der Waals surface area contributed by atoms with Crippen LogP contribution in [0.1, 0.15) is 5.56 Å². The highest BCUT2D eigenvalue weighted by atomic mass is 19.4. The number of alkyl halides is 3. The lowest BCUT2D eigenvalue weighted by atomic mass is 10.1. The molecule has 0 fully saturated rings. The van der Waals surface area contributed by atoms with Crippen molar-refractivity contribution < 1.29 is 49.8 Å². The zero-order valence-electron chi connectivity index (χ0n) is 10.1. The first kappa shape index (κ1) is 17.7. The molecule has 11 heteroatoms. The van der Waals surface area contributed by atoms with Crippen LogP contribution in [0, 0.1) is 29.1 Å². The van der Waals surface area contributed by atoms with Gasteiger partial charge in [0, 0.05) is 0 Å². The third-order valence-electron chi connectivity index (χ3n) is 2.10. The van der Waals surface area contributed by atoms with Crippen molar-refractivity contribution in [2.24, 2.45) is 0 Å². The minimum atomic E-state index is -4.91. The molecular formula is C11H4F8O3. The second-order valence-corrected chi connectivity index (χ2v) is 3.70. The van der Waals surface area contributed by atoms with Crippen molar-refractivity contribution in [3.63, 3.8) is 0 Å². The van der Waals surface area contributed by atoms with Gasteiger partial charge < -0.3 is 9.84 Å². The Morgan fingerprint density at radius 1 is 0.955 bits per heavy atom. The van der Waals surface area contributed by atoms with Crippen molar-refractivity contribution in [1.29, 1.82) is 0 Å². The Bertz CT molecular complexity index is 606. The van der Waals surface area contributed by atoms with Crippen molar-refractivity contribution in [3.8, 4) is 0 Å². The van der Waals surface area contributed by atoms with E-state index < -0.39 is 59.2 Å². The van der Waals surface area contributed by atoms with E-state index >= 15 is 0 Å². The van der Waals surface area contributed by atoms with Gasteiger partial charge >= 0.3 is 12.1 Å². The average molecular weight is 336 g/mol. The fourth-order valence-electron chi connectivity index (χ4n) is 1.21. The number of ether oxygens (including phenoxy) is 1. The van der Waals surface area contributed by atoms with Gasteiger partial charge in [-0.05, 0) is 0 Å². The summed E-state index contributed by atoms with van der Waals surface area (Å²) in [6.07, 6.45) is -5.17. The Balaban J connectivity index is 3.16. The predicted octanol–water partition coefficient (Wildman–Crippen LogP) is 3.39. The lowest BCUT2D eigenvalue weighted by Gasteiger charge is -2.08. The van der Waals surface area contributed by atoms with Crippen LogP contribution in [0.5, 0.6) is 0 Å². The third-order valence-corrected chi connectivity index (χ3v) is 2.10. The molecule has 0 heterocycles. The Morgan fingerprint density at radius 3 is 1.77 bits per heavy atom. The molecule has 1 aromatic rings. The maximum atomic E-state index is 13.2. The molecule has 0 amide bonds. The van der Waals surface area contributed by atoms with Crippen molar-refractivity contribution in [2.45, 2.75) is 6.18 Å². The van der Waals surface area contributed by atoms with Crippen LogP contribution in [-0.4, -0.2) is 23.9 Å². The van der Waals surface area contributed by atoms with Gasteiger partial charge in [-0.25, -0.2) is 26.7 Å². The molecular weight excluding hydrogens is 332 g/mol. The van der Waals surface area contributed by atoms with Crippen molar-refractivity contribution in [1.82, 2.24) is 0 Å². The third kappa shape index (κ3) is 3.86. The SMILES string of the molecule is O=C(/C=C(\O)c1c(F)c(F)c(F)c(F)c1F)OCC(F)(F)F. The quantitative estimate of drug-likeness (QED) is 0.230. The van der Waals surface area contributed by atoms with E-state index in [1.165, 1.54) is 0 Å². The van der Waals surface area contributed by atoms with Gasteiger partial charge in [0.05, 0.1) is 11.6 Å². The first-order chi connectivity index (χ1) is 9.95. The molecule has 0 aliphatic carbocycles. The molecule has 0 radical (unpaired) electrons. The monoisotopic (exact) mass is 336 g/mol. The van der Waals surface area contributed by atoms with Crippen LogP contribution in [0.15, 0.2) is 6.08 Å². The molecule has 0 atom stereocenters. The summed E-state index contributed by atoms with van der Waals surface area (Å²) in [6.45, 7) is -2.08. The summed E-state index contributed by atoms with van der Waals surface area (Å²) in [4.78, 5) is 10.9. The lowest BCUT2D eigenvalue weighted by Crippen LogP contribution is -2.19. The van der Waals surface area contributed by atoms with Gasteiger partial charge in [0.2, 0.25) is 5.82 Å². The van der Waals surface area contributed by atoms with Gasteiger partial charge in [0.25, 0.3) is 0 Å². The molecule has 0 saturated heterocycles. The maximum absolute atomic E-state index is 13.2. The van der Waals surface area contributed by atoms with E-state index in [1.807, 2.05) is 0 Å². The highest BCUT2D eigenvalue weighted by molar-refractivity contribution is 5.89. The van der Waals surface area contributed by atoms with E-state index in [2.05, 4.69) is 4.74 Å². The van der Waals surface area contributed by atoms with E-state index in [1.54, 1.807) is 0 Å². The maximum Gasteiger partial charge on any atom is 0.422 e. The Morgan fingerprint density at radius 2 is 1.36 bits per heavy atom. The van der Waals surface area contributed by atoms with Gasteiger partial charge in [-0.3, -0.25) is 0 Å². The zero-order valence-corrected chi connectivity index (χ0v) is 10.1. The Labute approximate surface area is 116 Å². The number of rotatable bonds is 3. The van der Waals surface area contributed by atoms with Crippen LogP contribution in [0.2, 0.25) is 0 Å². The van der Waals surface area contributed by atoms with E-state index in [0.717, 1.165) is 0 Å². The minimum absolute atomic E-state index is 0.260. The van der Waals surface area contributed by atoms with Gasteiger partial charge in [0.1, 0.15) is 5.76 Å². The fourth-order valence-corrected chi connectivity index (χ4v) is 1.21. The average Bonchev–Trinajstić information content (AvgIpc) is 2.40. The summed E-state index contributed by atoms with van der Waals surface area (Å²) < 4.78 is 104. The summed E-state index contributed by atoms with van der Waals surface area (Å²) in [5, 5.41) is 9.17. The highest BCUT2D eigenvalue weighted by Gasteiger charge is 2.30. The van der Waals surface area contributed by atoms with Crippen molar-refractivity contribution in [2.75, 3.05) is 6.61 Å². The van der Waals surface area contributed by atoms with Crippen LogP contribution in [0.4, 0.5) is 35.1 Å². The van der Waals surface area contributed by atoms with Crippen LogP contribution < -0.4 is 0 Å². The number of benzene rings is 1. The number of aliphatic hydroxyl groups excluding tert-OH is 1. The van der Waals surface area contributed by atoms with Crippen LogP contribution in [0.25, 0.3) is 5.76 Å². The van der Waals surface area contributed by atoms with E-state index in [0.29, 0.717) is 0 Å². The van der Waals surface area contributed by atoms with Gasteiger partial charge in [-0.1, -0.05) is 0 Å². The Hall–Kier alpha value is -2.33. The molecule has 122 valence electrons. The van der Waals surface area contributed by atoms with Crippen LogP contribution in [-0.2, 0) is 9.53 Å². The lowest BCUT2D eigenvalue weighted by molar-refractivity contribution is -0.182. The summed E-state index contributed by atoms with van der Waals surface area (Å²) in [5.74, 6) is -15.9. The largest absolute Gasteiger partial charge is 0.507 e. The second-order valence-electron chi connectivity index (χ2n) is 3.70. The molecule has 0 aliphatic rings. The Kier molecular flexibility index (Phi) is 4.99. The number of hydrogen-bond donors (Lipinski definition) is 1. The normalized spacial score (nSPS) is 12.5. The molecule has 0 spiro atoms. The number of hydrogen-bond acceptors (Lipinski definition) is 3. The molecule has 0 aliphatic heterocycles. The first-order valence-corrected chi connectivity index (χ1v) is 5.11. The summed E-state index contributed by atoms with van der Waals surface area (Å²) in [5.41, 5.74) is -1.87. The first-order valence-electron chi connectivity index (χ1n) is 5.11. The van der Waals surface area contributed by atoms with Crippen LogP contribution >= 0.6 is 0 Å². The number of esters is 1. The van der Waals surface area contributed by atoms with E-state index in [4.69, 9.17) is 5.11 Å². The fraction of sp³-hybridized carbons (Fsp3) is 0.182. The summed E-state index contributed by atoms with van der Waals surface area (Å²) in [7, 11) is 0. The molecule has 22 heavy (non-hydrogen) atoms. The molecule has 0 aromatic heterocycles. The second kappa shape index (κ2) is 6.20. The van der Waals surface area contributed by atoms with Crippen molar-refractivity contribution in [3.05, 3.63) is 40.7 Å². The molecule has 3 nitrogen and oxygen atoms in total. The molecule has 1 N–H and O–H groups in total. The van der Waals surface area contributed by atoms with Gasteiger partial charge in [0.15, 0.2) is 29.9 Å². The molecule has 1 rings (SSSR count). The zero-order chi connectivity index (χ0) is 17.2. The molecule has 0 unspecified atom stereocenters. The summed E-state index contributed by atoms with van der Waals surface area (Å²) >= 11 is 0. The number of carbonyl (C=O) groups excluding carboxylic acids is 1. The molecule has 0 saturated carbocycles. The number of aliphatic hydroxyl groups is 1. The van der Waals surface area contributed by atoms with Gasteiger partial charge in [-0.15, -0.1) is 0 Å². The highest BCUT2D eigenvalue weighted by Crippen LogP contribution is 2.27. The summed E-state index contributed by atoms with van der Waals surface area (Å²) in [6, 6.07) is 0. The topological polar surface area (TPSA) is 46.5 Å². The smallest absolute Gasteiger partial charge is 0.422 e. The molecule has 1 aromatic carbocycles. The standard InChI is InChI=1S/C11H4F8O3/c12-6-5(7(13)9(15)10(16)8(6)14)3(20)1-4(21)22-2-11(17,18)19/h1,20H,2H2/b3-1-. The molecule has 0 bridgehead atoms. The number of carbonyl (C=O) groups is 1. The van der Waals surface area contributed by atoms with Crippen LogP contribution in [0.3, 0.4) is 0 Å². The number of halogens is 8. The van der Waals surface area contributed by atoms with E-state index in [9.17, 15) is 39.9 Å². The predicted molar refractivity (Wildman–Crippen MR) is 53.9 cm³/mol. The van der Waals surface area contributed by atoms with Crippen molar-refractivity contribution >= 4 is 11.7 Å². The minimum Gasteiger partial charge on any atom is -0.507 e.